The lowest BCUT2D eigenvalue weighted by Gasteiger charge is -2.18. The molecule has 0 bridgehead atoms. The molecule has 0 radical (unpaired) electrons. The fraction of sp³-hybridized carbons (Fsp3) is 0.800. The summed E-state index contributed by atoms with van der Waals surface area (Å²) in [4.78, 5) is 34.2. The van der Waals surface area contributed by atoms with Crippen LogP contribution >= 0.6 is 0 Å². The Morgan fingerprint density at radius 2 is 1.71 bits per heavy atom. The van der Waals surface area contributed by atoms with E-state index in [1.165, 1.54) is 0 Å². The first kappa shape index (κ1) is 17.5. The summed E-state index contributed by atoms with van der Waals surface area (Å²) in [6, 6.07) is -0.379. The van der Waals surface area contributed by atoms with Gasteiger partial charge in [0, 0.05) is 30.8 Å². The zero-order chi connectivity index (χ0) is 15.8. The van der Waals surface area contributed by atoms with Gasteiger partial charge < -0.3 is 15.7 Å². The number of carbonyl (C=O) groups is 3. The highest BCUT2D eigenvalue weighted by atomic mass is 16.4. The van der Waals surface area contributed by atoms with Crippen LogP contribution < -0.4 is 10.6 Å². The minimum atomic E-state index is -0.867. The van der Waals surface area contributed by atoms with Crippen LogP contribution in [0.4, 0.5) is 0 Å². The van der Waals surface area contributed by atoms with E-state index in [0.29, 0.717) is 6.42 Å². The number of rotatable bonds is 8. The van der Waals surface area contributed by atoms with Gasteiger partial charge in [-0.3, -0.25) is 14.4 Å². The van der Waals surface area contributed by atoms with E-state index in [9.17, 15) is 14.4 Å². The molecule has 0 aromatic carbocycles. The second-order valence-corrected chi connectivity index (χ2v) is 6.00. The average Bonchev–Trinajstić information content (AvgIpc) is 2.89. The molecule has 2 amide bonds. The Hall–Kier alpha value is -1.59. The van der Waals surface area contributed by atoms with Gasteiger partial charge in [-0.25, -0.2) is 0 Å². The number of aliphatic carboxylic acids is 1. The average molecular weight is 298 g/mol. The van der Waals surface area contributed by atoms with Crippen molar-refractivity contribution in [3.05, 3.63) is 0 Å². The molecular formula is C15H26N2O4. The molecule has 120 valence electrons. The number of nitrogens with one attached hydrogen (secondary N) is 2. The molecule has 2 atom stereocenters. The molecule has 6 nitrogen and oxygen atoms in total. The Balaban J connectivity index is 2.23. The Bertz CT molecular complexity index is 378. The van der Waals surface area contributed by atoms with Crippen LogP contribution in [0.5, 0.6) is 0 Å². The summed E-state index contributed by atoms with van der Waals surface area (Å²) in [5.74, 6) is -0.878. The van der Waals surface area contributed by atoms with Gasteiger partial charge in [-0.1, -0.05) is 12.8 Å². The maximum Gasteiger partial charge on any atom is 0.303 e. The van der Waals surface area contributed by atoms with Gasteiger partial charge in [0.1, 0.15) is 0 Å². The molecule has 0 aromatic rings. The van der Waals surface area contributed by atoms with Gasteiger partial charge in [-0.15, -0.1) is 0 Å². The molecule has 21 heavy (non-hydrogen) atoms. The van der Waals surface area contributed by atoms with Gasteiger partial charge >= 0.3 is 5.97 Å². The van der Waals surface area contributed by atoms with Crippen LogP contribution in [0.1, 0.15) is 58.8 Å². The molecule has 1 saturated carbocycles. The molecule has 2 unspecified atom stereocenters. The number of amides is 2. The minimum Gasteiger partial charge on any atom is -0.481 e. The van der Waals surface area contributed by atoms with Crippen molar-refractivity contribution in [1.82, 2.24) is 10.6 Å². The lowest BCUT2D eigenvalue weighted by molar-refractivity contribution is -0.137. The Labute approximate surface area is 125 Å². The third-order valence-corrected chi connectivity index (χ3v) is 3.80. The third-order valence-electron chi connectivity index (χ3n) is 3.80. The number of carboxylic acid groups (broad SMARTS) is 1. The number of carboxylic acids is 1. The second kappa shape index (κ2) is 8.64. The summed E-state index contributed by atoms with van der Waals surface area (Å²) in [7, 11) is 0. The van der Waals surface area contributed by atoms with Crippen molar-refractivity contribution in [1.29, 1.82) is 0 Å². The van der Waals surface area contributed by atoms with Gasteiger partial charge in [0.25, 0.3) is 0 Å². The van der Waals surface area contributed by atoms with Gasteiger partial charge in [0.15, 0.2) is 0 Å². The molecule has 1 fully saturated rings. The van der Waals surface area contributed by atoms with Crippen LogP contribution in [0.25, 0.3) is 0 Å². The minimum absolute atomic E-state index is 0.0371. The fourth-order valence-corrected chi connectivity index (χ4v) is 2.62. The molecule has 0 spiro atoms. The van der Waals surface area contributed by atoms with Crippen molar-refractivity contribution in [2.24, 2.45) is 5.92 Å². The predicted molar refractivity (Wildman–Crippen MR) is 78.7 cm³/mol. The van der Waals surface area contributed by atoms with Crippen LogP contribution in [0.3, 0.4) is 0 Å². The smallest absolute Gasteiger partial charge is 0.303 e. The van der Waals surface area contributed by atoms with E-state index in [2.05, 4.69) is 10.6 Å². The van der Waals surface area contributed by atoms with E-state index in [1.807, 2.05) is 6.92 Å². The first-order chi connectivity index (χ1) is 9.88. The summed E-state index contributed by atoms with van der Waals surface area (Å²) in [5, 5.41) is 14.2. The monoisotopic (exact) mass is 298 g/mol. The molecule has 1 aliphatic rings. The summed E-state index contributed by atoms with van der Waals surface area (Å²) < 4.78 is 0. The molecule has 1 rings (SSSR count). The van der Waals surface area contributed by atoms with Gasteiger partial charge in [0.2, 0.25) is 11.8 Å². The highest BCUT2D eigenvalue weighted by molar-refractivity contribution is 5.81. The van der Waals surface area contributed by atoms with E-state index in [1.54, 1.807) is 6.92 Å². The topological polar surface area (TPSA) is 95.5 Å². The highest BCUT2D eigenvalue weighted by Gasteiger charge is 2.24. The van der Waals surface area contributed by atoms with Crippen LogP contribution in [0.2, 0.25) is 0 Å². The van der Waals surface area contributed by atoms with Crippen molar-refractivity contribution in [3.63, 3.8) is 0 Å². The van der Waals surface area contributed by atoms with Gasteiger partial charge in [0.05, 0.1) is 0 Å². The Morgan fingerprint density at radius 1 is 1.10 bits per heavy atom. The summed E-state index contributed by atoms with van der Waals surface area (Å²) >= 11 is 0. The SMILES string of the molecule is CC(CCC(=O)O)NC(=O)CC(C)NC(=O)C1CCCC1. The molecule has 6 heteroatoms. The van der Waals surface area contributed by atoms with E-state index in [4.69, 9.17) is 5.11 Å². The van der Waals surface area contributed by atoms with Crippen molar-refractivity contribution in [3.8, 4) is 0 Å². The van der Waals surface area contributed by atoms with Crippen molar-refractivity contribution in [2.45, 2.75) is 70.9 Å². The van der Waals surface area contributed by atoms with Crippen molar-refractivity contribution < 1.29 is 19.5 Å². The third kappa shape index (κ3) is 7.11. The Kier molecular flexibility index (Phi) is 7.19. The predicted octanol–water partition coefficient (Wildman–Crippen LogP) is 1.44. The van der Waals surface area contributed by atoms with Crippen LogP contribution in [0.15, 0.2) is 0 Å². The Morgan fingerprint density at radius 3 is 2.29 bits per heavy atom. The van der Waals surface area contributed by atoms with E-state index >= 15 is 0 Å². The lowest BCUT2D eigenvalue weighted by atomic mass is 10.1. The van der Waals surface area contributed by atoms with Crippen molar-refractivity contribution in [2.75, 3.05) is 0 Å². The van der Waals surface area contributed by atoms with Gasteiger partial charge in [-0.05, 0) is 33.1 Å². The quantitative estimate of drug-likeness (QED) is 0.632. The largest absolute Gasteiger partial charge is 0.481 e. The molecule has 3 N–H and O–H groups in total. The molecular weight excluding hydrogens is 272 g/mol. The standard InChI is InChI=1S/C15H26N2O4/c1-10(7-8-14(19)20)16-13(18)9-11(2)17-15(21)12-5-3-4-6-12/h10-12H,3-9H2,1-2H3,(H,16,18)(H,17,21)(H,19,20). The maximum absolute atomic E-state index is 11.9. The first-order valence-electron chi connectivity index (χ1n) is 7.70. The fourth-order valence-electron chi connectivity index (χ4n) is 2.62. The maximum atomic E-state index is 11.9. The van der Waals surface area contributed by atoms with Gasteiger partial charge in [-0.2, -0.15) is 0 Å². The summed E-state index contributed by atoms with van der Waals surface area (Å²) in [5.41, 5.74) is 0. The van der Waals surface area contributed by atoms with Crippen LogP contribution in [0, 0.1) is 5.92 Å². The summed E-state index contributed by atoms with van der Waals surface area (Å²) in [6.45, 7) is 3.59. The molecule has 0 aromatic heterocycles. The van der Waals surface area contributed by atoms with Crippen LogP contribution in [-0.2, 0) is 14.4 Å². The highest BCUT2D eigenvalue weighted by Crippen LogP contribution is 2.24. The number of hydrogen-bond acceptors (Lipinski definition) is 3. The molecule has 0 aliphatic heterocycles. The van der Waals surface area contributed by atoms with Crippen LogP contribution in [-0.4, -0.2) is 35.0 Å². The first-order valence-corrected chi connectivity index (χ1v) is 7.70. The van der Waals surface area contributed by atoms with E-state index in [0.717, 1.165) is 25.7 Å². The van der Waals surface area contributed by atoms with E-state index in [-0.39, 0.29) is 42.7 Å². The second-order valence-electron chi connectivity index (χ2n) is 6.00. The molecule has 1 aliphatic carbocycles. The number of hydrogen-bond donors (Lipinski definition) is 3. The van der Waals surface area contributed by atoms with E-state index < -0.39 is 5.97 Å². The zero-order valence-corrected chi connectivity index (χ0v) is 12.9. The molecule has 0 saturated heterocycles. The molecule has 0 heterocycles. The number of carbonyl (C=O) groups excluding carboxylic acids is 2. The van der Waals surface area contributed by atoms with Crippen molar-refractivity contribution >= 4 is 17.8 Å². The zero-order valence-electron chi connectivity index (χ0n) is 12.9. The normalized spacial score (nSPS) is 18.0. The summed E-state index contributed by atoms with van der Waals surface area (Å²) in [6.07, 6.45) is 4.76. The lowest BCUT2D eigenvalue weighted by Crippen LogP contribution is -2.41.